The van der Waals surface area contributed by atoms with Gasteiger partial charge in [0.15, 0.2) is 5.65 Å². The number of benzene rings is 1. The predicted octanol–water partition coefficient (Wildman–Crippen LogP) is 2.87. The van der Waals surface area contributed by atoms with Gasteiger partial charge in [-0.25, -0.2) is 15.0 Å². The van der Waals surface area contributed by atoms with E-state index < -0.39 is 0 Å². The molecule has 124 valence electrons. The van der Waals surface area contributed by atoms with Gasteiger partial charge in [0.1, 0.15) is 22.6 Å². The number of ether oxygens (including phenoxy) is 1. The molecule has 3 aromatic rings. The van der Waals surface area contributed by atoms with E-state index in [1.807, 2.05) is 31.2 Å². The fourth-order valence-electron chi connectivity index (χ4n) is 2.25. The van der Waals surface area contributed by atoms with Crippen LogP contribution in [0.1, 0.15) is 13.3 Å². The second-order valence-electron chi connectivity index (χ2n) is 4.98. The van der Waals surface area contributed by atoms with Gasteiger partial charge < -0.3 is 15.0 Å². The number of carbonyl (C=O) groups excluding carboxylic acids is 1. The Hall–Kier alpha value is -2.61. The van der Waals surface area contributed by atoms with Crippen LogP contribution in [-0.2, 0) is 4.79 Å². The van der Waals surface area contributed by atoms with E-state index in [2.05, 4.69) is 25.3 Å². The first kappa shape index (κ1) is 16.3. The van der Waals surface area contributed by atoms with Gasteiger partial charge >= 0.3 is 0 Å². The molecule has 1 unspecified atom stereocenters. The Balaban J connectivity index is 1.78. The summed E-state index contributed by atoms with van der Waals surface area (Å²) >= 11 is 1.39. The van der Waals surface area contributed by atoms with Gasteiger partial charge in [0, 0.05) is 0 Å². The summed E-state index contributed by atoms with van der Waals surface area (Å²) in [6.45, 7) is 1.96. The van der Waals surface area contributed by atoms with Gasteiger partial charge in [0.2, 0.25) is 5.91 Å². The third-order valence-electron chi connectivity index (χ3n) is 3.47. The first-order valence-corrected chi connectivity index (χ1v) is 8.35. The number of hydrogen-bond acceptors (Lipinski definition) is 6. The number of aromatic amines is 1. The Morgan fingerprint density at radius 3 is 2.96 bits per heavy atom. The Morgan fingerprint density at radius 2 is 2.17 bits per heavy atom. The zero-order valence-electron chi connectivity index (χ0n) is 13.3. The number of thioether (sulfide) groups is 1. The minimum Gasteiger partial charge on any atom is -0.495 e. The summed E-state index contributed by atoms with van der Waals surface area (Å²) in [5, 5.41) is 3.33. The maximum atomic E-state index is 12.6. The highest BCUT2D eigenvalue weighted by molar-refractivity contribution is 8.00. The fourth-order valence-corrected chi connectivity index (χ4v) is 3.23. The summed E-state index contributed by atoms with van der Waals surface area (Å²) in [7, 11) is 1.58. The summed E-state index contributed by atoms with van der Waals surface area (Å²) in [5.74, 6) is 0.530. The molecule has 0 saturated heterocycles. The molecule has 2 N–H and O–H groups in total. The molecule has 8 heteroatoms. The van der Waals surface area contributed by atoms with Crippen molar-refractivity contribution in [1.82, 2.24) is 19.9 Å². The Labute approximate surface area is 143 Å². The van der Waals surface area contributed by atoms with Crippen molar-refractivity contribution in [3.05, 3.63) is 36.9 Å². The minimum atomic E-state index is -0.295. The number of para-hydroxylation sites is 2. The zero-order valence-corrected chi connectivity index (χ0v) is 14.1. The highest BCUT2D eigenvalue weighted by Crippen LogP contribution is 2.30. The van der Waals surface area contributed by atoms with Gasteiger partial charge in [-0.15, -0.1) is 0 Å². The molecule has 7 nitrogen and oxygen atoms in total. The summed E-state index contributed by atoms with van der Waals surface area (Å²) in [4.78, 5) is 28.1. The molecule has 0 saturated carbocycles. The van der Waals surface area contributed by atoms with E-state index in [1.165, 1.54) is 18.1 Å². The second-order valence-corrected chi connectivity index (χ2v) is 6.18. The average Bonchev–Trinajstić information content (AvgIpc) is 3.09. The molecule has 24 heavy (non-hydrogen) atoms. The molecule has 0 radical (unpaired) electrons. The van der Waals surface area contributed by atoms with E-state index in [0.717, 1.165) is 5.52 Å². The van der Waals surface area contributed by atoms with Crippen LogP contribution in [0.25, 0.3) is 11.2 Å². The van der Waals surface area contributed by atoms with Crippen molar-refractivity contribution < 1.29 is 9.53 Å². The first-order chi connectivity index (χ1) is 11.7. The van der Waals surface area contributed by atoms with Gasteiger partial charge in [-0.05, 0) is 18.6 Å². The zero-order chi connectivity index (χ0) is 16.9. The number of aromatic nitrogens is 4. The summed E-state index contributed by atoms with van der Waals surface area (Å²) in [6.07, 6.45) is 3.68. The number of amides is 1. The van der Waals surface area contributed by atoms with Crippen molar-refractivity contribution in [2.75, 3.05) is 12.4 Å². The first-order valence-electron chi connectivity index (χ1n) is 7.47. The molecular formula is C16H17N5O2S. The maximum absolute atomic E-state index is 12.6. The molecule has 3 rings (SSSR count). The van der Waals surface area contributed by atoms with Gasteiger partial charge in [0.25, 0.3) is 0 Å². The number of imidazole rings is 1. The fraction of sp³-hybridized carbons (Fsp3) is 0.250. The lowest BCUT2D eigenvalue weighted by Gasteiger charge is -2.16. The van der Waals surface area contributed by atoms with Gasteiger partial charge in [-0.1, -0.05) is 30.8 Å². The van der Waals surface area contributed by atoms with E-state index in [-0.39, 0.29) is 11.2 Å². The van der Waals surface area contributed by atoms with E-state index in [9.17, 15) is 4.79 Å². The molecular weight excluding hydrogens is 326 g/mol. The smallest absolute Gasteiger partial charge is 0.238 e. The van der Waals surface area contributed by atoms with Crippen LogP contribution in [0, 0.1) is 0 Å². The van der Waals surface area contributed by atoms with Crippen molar-refractivity contribution in [3.8, 4) is 5.75 Å². The van der Waals surface area contributed by atoms with Crippen LogP contribution in [0.4, 0.5) is 5.69 Å². The van der Waals surface area contributed by atoms with Crippen LogP contribution in [0.5, 0.6) is 5.75 Å². The normalized spacial score (nSPS) is 12.1. The van der Waals surface area contributed by atoms with Gasteiger partial charge in [-0.3, -0.25) is 4.79 Å². The number of anilines is 1. The molecule has 2 heterocycles. The minimum absolute atomic E-state index is 0.0988. The van der Waals surface area contributed by atoms with Crippen molar-refractivity contribution in [1.29, 1.82) is 0 Å². The van der Waals surface area contributed by atoms with Crippen molar-refractivity contribution in [2.24, 2.45) is 0 Å². The largest absolute Gasteiger partial charge is 0.495 e. The van der Waals surface area contributed by atoms with Crippen LogP contribution in [0.15, 0.2) is 41.9 Å². The third-order valence-corrected chi connectivity index (χ3v) is 4.83. The van der Waals surface area contributed by atoms with Crippen molar-refractivity contribution >= 4 is 34.5 Å². The van der Waals surface area contributed by atoms with E-state index in [0.29, 0.717) is 28.5 Å². The highest BCUT2D eigenvalue weighted by atomic mass is 32.2. The number of rotatable bonds is 6. The van der Waals surface area contributed by atoms with Crippen LogP contribution in [0.2, 0.25) is 0 Å². The number of methoxy groups -OCH3 is 1. The van der Waals surface area contributed by atoms with Gasteiger partial charge in [-0.2, -0.15) is 0 Å². The maximum Gasteiger partial charge on any atom is 0.238 e. The number of nitrogens with one attached hydrogen (secondary N) is 2. The number of fused-ring (bicyclic) bond motifs is 1. The summed E-state index contributed by atoms with van der Waals surface area (Å²) in [5.41, 5.74) is 1.98. The molecule has 0 fully saturated rings. The summed E-state index contributed by atoms with van der Waals surface area (Å²) < 4.78 is 5.27. The lowest BCUT2D eigenvalue weighted by atomic mass is 10.2. The number of hydrogen-bond donors (Lipinski definition) is 2. The van der Waals surface area contributed by atoms with Crippen LogP contribution in [-0.4, -0.2) is 38.2 Å². The number of nitrogens with zero attached hydrogens (tertiary/aromatic N) is 3. The lowest BCUT2D eigenvalue weighted by molar-refractivity contribution is -0.115. The molecule has 2 aromatic heterocycles. The van der Waals surface area contributed by atoms with Crippen molar-refractivity contribution in [2.45, 2.75) is 23.6 Å². The summed E-state index contributed by atoms with van der Waals surface area (Å²) in [6, 6.07) is 7.33. The monoisotopic (exact) mass is 343 g/mol. The molecule has 1 amide bonds. The average molecular weight is 343 g/mol. The highest BCUT2D eigenvalue weighted by Gasteiger charge is 2.21. The molecule has 0 spiro atoms. The van der Waals surface area contributed by atoms with Gasteiger partial charge in [0.05, 0.1) is 24.4 Å². The third kappa shape index (κ3) is 3.33. The van der Waals surface area contributed by atoms with Crippen LogP contribution < -0.4 is 10.1 Å². The SMILES string of the molecule is CCC(Sc1ncnc2nc[nH]c12)C(=O)Nc1ccccc1OC. The lowest BCUT2D eigenvalue weighted by Crippen LogP contribution is -2.25. The van der Waals surface area contributed by atoms with E-state index in [1.54, 1.807) is 13.4 Å². The molecule has 0 aliphatic heterocycles. The standard InChI is InChI=1S/C16H17N5O2S/c1-3-12(15(22)21-10-6-4-5-7-11(10)23-2)24-16-13-14(18-8-17-13)19-9-20-16/h4-9,12H,3H2,1-2H3,(H,21,22)(H,17,18,19,20). The number of H-pyrrole nitrogens is 1. The molecule has 0 aliphatic rings. The molecule has 1 atom stereocenters. The molecule has 1 aromatic carbocycles. The molecule has 0 bridgehead atoms. The topological polar surface area (TPSA) is 92.8 Å². The van der Waals surface area contributed by atoms with Crippen LogP contribution in [0.3, 0.4) is 0 Å². The predicted molar refractivity (Wildman–Crippen MR) is 93.2 cm³/mol. The Bertz CT molecular complexity index is 851. The second kappa shape index (κ2) is 7.31. The van der Waals surface area contributed by atoms with E-state index in [4.69, 9.17) is 4.74 Å². The van der Waals surface area contributed by atoms with Crippen LogP contribution >= 0.6 is 11.8 Å². The number of carbonyl (C=O) groups is 1. The van der Waals surface area contributed by atoms with Crippen molar-refractivity contribution in [3.63, 3.8) is 0 Å². The van der Waals surface area contributed by atoms with E-state index >= 15 is 0 Å². The quantitative estimate of drug-likeness (QED) is 0.528. The molecule has 0 aliphatic carbocycles. The Morgan fingerprint density at radius 1 is 1.33 bits per heavy atom. The Kier molecular flexibility index (Phi) is 4.95.